The molecule has 3 rings (SSSR count). The van der Waals surface area contributed by atoms with Crippen molar-refractivity contribution in [3.05, 3.63) is 52.0 Å². The van der Waals surface area contributed by atoms with E-state index in [1.807, 2.05) is 26.0 Å². The minimum atomic E-state index is -1.54. The molecule has 3 atom stereocenters. The Labute approximate surface area is 186 Å². The maximum Gasteiger partial charge on any atom is 0.329 e. The lowest BCUT2D eigenvalue weighted by Gasteiger charge is -2.38. The van der Waals surface area contributed by atoms with Crippen LogP contribution in [0.1, 0.15) is 67.0 Å². The van der Waals surface area contributed by atoms with Crippen LogP contribution in [0.2, 0.25) is 0 Å². The maximum absolute atomic E-state index is 13.8. The predicted octanol–water partition coefficient (Wildman–Crippen LogP) is 3.65. The summed E-state index contributed by atoms with van der Waals surface area (Å²) in [6.07, 6.45) is 3.66. The van der Waals surface area contributed by atoms with Crippen LogP contribution in [0.25, 0.3) is 0 Å². The quantitative estimate of drug-likeness (QED) is 0.646. The Morgan fingerprint density at radius 1 is 1.29 bits per heavy atom. The molecule has 1 aliphatic heterocycles. The van der Waals surface area contributed by atoms with Crippen LogP contribution in [0.4, 0.5) is 0 Å². The van der Waals surface area contributed by atoms with Crippen LogP contribution in [-0.4, -0.2) is 38.3 Å². The molecule has 31 heavy (non-hydrogen) atoms. The molecule has 7 nitrogen and oxygen atoms in total. The number of carboxylic acids is 1. The highest BCUT2D eigenvalue weighted by atomic mass is 32.1. The second-order valence-corrected chi connectivity index (χ2v) is 9.51. The van der Waals surface area contributed by atoms with Crippen molar-refractivity contribution in [3.63, 3.8) is 0 Å². The third-order valence-corrected chi connectivity index (χ3v) is 6.70. The van der Waals surface area contributed by atoms with Crippen LogP contribution in [0, 0.1) is 11.8 Å². The van der Waals surface area contributed by atoms with Gasteiger partial charge in [-0.1, -0.05) is 39.3 Å². The number of likely N-dealkylation sites (tertiary alicyclic amines) is 1. The van der Waals surface area contributed by atoms with E-state index in [4.69, 9.17) is 5.73 Å². The molecule has 2 aromatic rings. The summed E-state index contributed by atoms with van der Waals surface area (Å²) in [5.41, 5.74) is 5.67. The summed E-state index contributed by atoms with van der Waals surface area (Å²) in [5, 5.41) is 12.6. The van der Waals surface area contributed by atoms with E-state index in [1.54, 1.807) is 23.7 Å². The van der Waals surface area contributed by atoms with Gasteiger partial charge < -0.3 is 15.7 Å². The van der Waals surface area contributed by atoms with E-state index < -0.39 is 35.3 Å². The zero-order chi connectivity index (χ0) is 22.8. The van der Waals surface area contributed by atoms with Crippen LogP contribution < -0.4 is 5.73 Å². The van der Waals surface area contributed by atoms with Crippen LogP contribution >= 0.6 is 11.3 Å². The highest BCUT2D eigenvalue weighted by Gasteiger charge is 2.61. The monoisotopic (exact) mass is 443 g/mol. The van der Waals surface area contributed by atoms with E-state index in [0.29, 0.717) is 10.6 Å². The molecule has 1 fully saturated rings. The first-order valence-corrected chi connectivity index (χ1v) is 11.4. The lowest BCUT2D eigenvalue weighted by atomic mass is 9.83. The normalized spacial score (nSPS) is 23.3. The first-order chi connectivity index (χ1) is 14.7. The standard InChI is InChI=1S/C23H29N3O4S/c1-4-5-15-6-8-16(9-7-15)21(28)26-18(20-25-10-11-31-20)17(19(24)27)13-23(26,22(29)30)12-14(2)3/h6-11,14,17-18H,4-5,12-13H2,1-3H3,(H2,24,27)(H,29,30)/t17-,18+,23-/m0/s1. The Kier molecular flexibility index (Phi) is 6.79. The number of primary amides is 1. The molecule has 166 valence electrons. The summed E-state index contributed by atoms with van der Waals surface area (Å²) in [7, 11) is 0. The van der Waals surface area contributed by atoms with Crippen LogP contribution in [0.5, 0.6) is 0 Å². The van der Waals surface area contributed by atoms with Gasteiger partial charge in [0.25, 0.3) is 5.91 Å². The van der Waals surface area contributed by atoms with Crippen molar-refractivity contribution in [3.8, 4) is 0 Å². The smallest absolute Gasteiger partial charge is 0.329 e. The van der Waals surface area contributed by atoms with Crippen LogP contribution in [-0.2, 0) is 16.0 Å². The summed E-state index contributed by atoms with van der Waals surface area (Å²) in [6.45, 7) is 5.89. The molecule has 1 aromatic heterocycles. The molecule has 1 aliphatic rings. The number of aryl methyl sites for hydroxylation is 1. The van der Waals surface area contributed by atoms with Crippen molar-refractivity contribution in [2.75, 3.05) is 0 Å². The summed E-state index contributed by atoms with van der Waals surface area (Å²) in [5.74, 6) is -3.01. The summed E-state index contributed by atoms with van der Waals surface area (Å²) < 4.78 is 0. The number of carbonyl (C=O) groups is 3. The number of amides is 2. The molecular formula is C23H29N3O4S. The molecule has 2 amide bonds. The number of hydrogen-bond donors (Lipinski definition) is 2. The molecule has 1 aromatic carbocycles. The number of nitrogens with zero attached hydrogens (tertiary/aromatic N) is 2. The van der Waals surface area contributed by atoms with Crippen molar-refractivity contribution >= 4 is 29.1 Å². The molecule has 0 spiro atoms. The van der Waals surface area contributed by atoms with Crippen molar-refractivity contribution in [1.29, 1.82) is 0 Å². The zero-order valence-corrected chi connectivity index (χ0v) is 18.9. The molecule has 0 aliphatic carbocycles. The average molecular weight is 444 g/mol. The number of nitrogens with two attached hydrogens (primary N) is 1. The molecule has 1 saturated heterocycles. The van der Waals surface area contributed by atoms with E-state index in [-0.39, 0.29) is 18.8 Å². The first-order valence-electron chi connectivity index (χ1n) is 10.6. The maximum atomic E-state index is 13.8. The third-order valence-electron chi connectivity index (χ3n) is 5.85. The highest BCUT2D eigenvalue weighted by Crippen LogP contribution is 2.50. The highest BCUT2D eigenvalue weighted by molar-refractivity contribution is 7.09. The Bertz CT molecular complexity index is 942. The second kappa shape index (κ2) is 9.18. The van der Waals surface area contributed by atoms with Gasteiger partial charge in [0, 0.05) is 17.1 Å². The molecule has 0 radical (unpaired) electrons. The molecule has 8 heteroatoms. The molecular weight excluding hydrogens is 414 g/mol. The molecule has 2 heterocycles. The Morgan fingerprint density at radius 3 is 2.45 bits per heavy atom. The second-order valence-electron chi connectivity index (χ2n) is 8.58. The van der Waals surface area contributed by atoms with Gasteiger partial charge in [0.05, 0.1) is 12.0 Å². The van der Waals surface area contributed by atoms with E-state index in [1.165, 1.54) is 16.2 Å². The number of hydrogen-bond acceptors (Lipinski definition) is 5. The van der Waals surface area contributed by atoms with Crippen molar-refractivity contribution in [2.45, 2.75) is 58.0 Å². The average Bonchev–Trinajstić information content (AvgIpc) is 3.34. The fraction of sp³-hybridized carbons (Fsp3) is 0.478. The van der Waals surface area contributed by atoms with Crippen LogP contribution in [0.15, 0.2) is 35.8 Å². The molecule has 0 unspecified atom stereocenters. The van der Waals surface area contributed by atoms with Crippen molar-refractivity contribution in [2.24, 2.45) is 17.6 Å². The lowest BCUT2D eigenvalue weighted by Crippen LogP contribution is -2.54. The van der Waals surface area contributed by atoms with Gasteiger partial charge in [-0.25, -0.2) is 9.78 Å². The van der Waals surface area contributed by atoms with E-state index in [9.17, 15) is 19.5 Å². The number of thiazole rings is 1. The fourth-order valence-corrected chi connectivity index (χ4v) is 5.43. The molecule has 0 bridgehead atoms. The minimum Gasteiger partial charge on any atom is -0.479 e. The number of aliphatic carboxylic acids is 1. The number of rotatable bonds is 8. The van der Waals surface area contributed by atoms with Gasteiger partial charge in [-0.3, -0.25) is 9.59 Å². The van der Waals surface area contributed by atoms with E-state index >= 15 is 0 Å². The SMILES string of the molecule is CCCc1ccc(C(=O)N2[C@@H](c3nccs3)[C@@H](C(N)=O)C[C@@]2(CC(C)C)C(=O)O)cc1. The van der Waals surface area contributed by atoms with Gasteiger partial charge in [-0.15, -0.1) is 11.3 Å². The summed E-state index contributed by atoms with van der Waals surface area (Å²) >= 11 is 1.29. The zero-order valence-electron chi connectivity index (χ0n) is 18.1. The first kappa shape index (κ1) is 22.9. The molecule has 3 N–H and O–H groups in total. The van der Waals surface area contributed by atoms with Gasteiger partial charge in [0.1, 0.15) is 10.5 Å². The number of carbonyl (C=O) groups excluding carboxylic acids is 2. The third kappa shape index (κ3) is 4.35. The number of benzene rings is 1. The number of carboxylic acid groups (broad SMARTS) is 1. The van der Waals surface area contributed by atoms with E-state index in [0.717, 1.165) is 18.4 Å². The Hall–Kier alpha value is -2.74. The van der Waals surface area contributed by atoms with Crippen molar-refractivity contribution in [1.82, 2.24) is 9.88 Å². The van der Waals surface area contributed by atoms with Gasteiger partial charge in [-0.2, -0.15) is 0 Å². The van der Waals surface area contributed by atoms with Crippen molar-refractivity contribution < 1.29 is 19.5 Å². The summed E-state index contributed by atoms with van der Waals surface area (Å²) in [6, 6.07) is 6.43. The van der Waals surface area contributed by atoms with Gasteiger partial charge in [0.15, 0.2) is 0 Å². The topological polar surface area (TPSA) is 114 Å². The van der Waals surface area contributed by atoms with E-state index in [2.05, 4.69) is 11.9 Å². The van der Waals surface area contributed by atoms with Gasteiger partial charge in [0.2, 0.25) is 5.91 Å². The number of aromatic nitrogens is 1. The molecule has 0 saturated carbocycles. The lowest BCUT2D eigenvalue weighted by molar-refractivity contribution is -0.150. The fourth-order valence-electron chi connectivity index (χ4n) is 4.64. The minimum absolute atomic E-state index is 0.0121. The van der Waals surface area contributed by atoms with Gasteiger partial charge in [-0.05, 0) is 42.9 Å². The van der Waals surface area contributed by atoms with Crippen LogP contribution in [0.3, 0.4) is 0 Å². The largest absolute Gasteiger partial charge is 0.479 e. The Morgan fingerprint density at radius 2 is 1.97 bits per heavy atom. The van der Waals surface area contributed by atoms with Gasteiger partial charge >= 0.3 is 5.97 Å². The predicted molar refractivity (Wildman–Crippen MR) is 119 cm³/mol. The Balaban J connectivity index is 2.15. The summed E-state index contributed by atoms with van der Waals surface area (Å²) in [4.78, 5) is 44.5.